The molecule has 0 aliphatic rings. The number of carboxylic acids is 3. The molecule has 0 heterocycles. The summed E-state index contributed by atoms with van der Waals surface area (Å²) in [5.74, 6) is -3.63. The fraction of sp³-hybridized carbons (Fsp3) is 0. The minimum absolute atomic E-state index is 0.0310. The molecular formula is C15H10O6. The van der Waals surface area contributed by atoms with Crippen LogP contribution in [0, 0.1) is 0 Å². The van der Waals surface area contributed by atoms with Gasteiger partial charge in [-0.15, -0.1) is 0 Å². The molecule has 0 atom stereocenters. The first-order valence-corrected chi connectivity index (χ1v) is 5.85. The summed E-state index contributed by atoms with van der Waals surface area (Å²) < 4.78 is 0. The monoisotopic (exact) mass is 286 g/mol. The highest BCUT2D eigenvalue weighted by atomic mass is 16.4. The highest BCUT2D eigenvalue weighted by Crippen LogP contribution is 2.28. The molecule has 0 spiro atoms. The average molecular weight is 286 g/mol. The normalized spacial score (nSPS) is 10.1. The Balaban J connectivity index is 2.68. The highest BCUT2D eigenvalue weighted by molar-refractivity contribution is 6.05. The molecule has 0 saturated carbocycles. The second kappa shape index (κ2) is 5.46. The van der Waals surface area contributed by atoms with Crippen LogP contribution in [0.2, 0.25) is 0 Å². The quantitative estimate of drug-likeness (QED) is 0.795. The second-order valence-electron chi connectivity index (χ2n) is 4.22. The van der Waals surface area contributed by atoms with Gasteiger partial charge in [0.2, 0.25) is 0 Å². The Morgan fingerprint density at radius 3 is 1.52 bits per heavy atom. The molecule has 0 fully saturated rings. The molecule has 6 nitrogen and oxygen atoms in total. The van der Waals surface area contributed by atoms with Gasteiger partial charge in [0, 0.05) is 5.56 Å². The van der Waals surface area contributed by atoms with Crippen LogP contribution >= 0.6 is 0 Å². The Kier molecular flexibility index (Phi) is 3.71. The number of carbonyl (C=O) groups is 3. The Hall–Kier alpha value is -3.15. The Morgan fingerprint density at radius 1 is 0.667 bits per heavy atom. The molecule has 3 N–H and O–H groups in total. The SMILES string of the molecule is O=C(O)c1ccc(-c2c(C(=O)O)cccc2C(=O)O)cc1. The number of rotatable bonds is 4. The topological polar surface area (TPSA) is 112 Å². The highest BCUT2D eigenvalue weighted by Gasteiger charge is 2.19. The van der Waals surface area contributed by atoms with Gasteiger partial charge in [0.05, 0.1) is 16.7 Å². The molecular weight excluding hydrogens is 276 g/mol. The zero-order valence-corrected chi connectivity index (χ0v) is 10.6. The second-order valence-corrected chi connectivity index (χ2v) is 4.22. The van der Waals surface area contributed by atoms with E-state index in [-0.39, 0.29) is 22.3 Å². The van der Waals surface area contributed by atoms with Crippen LogP contribution in [0.5, 0.6) is 0 Å². The zero-order chi connectivity index (χ0) is 15.6. The maximum absolute atomic E-state index is 11.3. The van der Waals surface area contributed by atoms with Gasteiger partial charge in [0.1, 0.15) is 0 Å². The van der Waals surface area contributed by atoms with Crippen molar-refractivity contribution in [1.29, 1.82) is 0 Å². The van der Waals surface area contributed by atoms with Crippen LogP contribution < -0.4 is 0 Å². The molecule has 2 aromatic carbocycles. The number of hydrogen-bond donors (Lipinski definition) is 3. The molecule has 2 rings (SSSR count). The summed E-state index contributed by atoms with van der Waals surface area (Å²) in [5.41, 5.74) is 0.101. The predicted octanol–water partition coefficient (Wildman–Crippen LogP) is 2.45. The van der Waals surface area contributed by atoms with Gasteiger partial charge >= 0.3 is 17.9 Å². The van der Waals surface area contributed by atoms with E-state index in [1.54, 1.807) is 0 Å². The minimum atomic E-state index is -1.25. The first-order valence-electron chi connectivity index (χ1n) is 5.85. The Morgan fingerprint density at radius 2 is 1.14 bits per heavy atom. The molecule has 0 aromatic heterocycles. The van der Waals surface area contributed by atoms with Crippen molar-refractivity contribution in [2.45, 2.75) is 0 Å². The van der Waals surface area contributed by atoms with Crippen molar-refractivity contribution in [3.05, 3.63) is 59.2 Å². The molecule has 0 aliphatic heterocycles. The third-order valence-corrected chi connectivity index (χ3v) is 2.95. The van der Waals surface area contributed by atoms with Gasteiger partial charge in [-0.1, -0.05) is 18.2 Å². The fourth-order valence-electron chi connectivity index (χ4n) is 2.00. The minimum Gasteiger partial charge on any atom is -0.478 e. The number of hydrogen-bond acceptors (Lipinski definition) is 3. The predicted molar refractivity (Wildman–Crippen MR) is 72.8 cm³/mol. The van der Waals surface area contributed by atoms with Crippen LogP contribution in [-0.4, -0.2) is 33.2 Å². The molecule has 106 valence electrons. The molecule has 0 aliphatic carbocycles. The first kappa shape index (κ1) is 14.3. The van der Waals surface area contributed by atoms with Crippen LogP contribution in [-0.2, 0) is 0 Å². The standard InChI is InChI=1S/C15H10O6/c16-13(17)9-6-4-8(5-7-9)12-10(14(18)19)2-1-3-11(12)15(20)21/h1-7H,(H,16,17)(H,18,19)(H,20,21). The van der Waals surface area contributed by atoms with Gasteiger partial charge in [-0.3, -0.25) is 0 Å². The summed E-state index contributed by atoms with van der Waals surface area (Å²) in [7, 11) is 0. The maximum atomic E-state index is 11.3. The van der Waals surface area contributed by atoms with Gasteiger partial charge in [-0.2, -0.15) is 0 Å². The lowest BCUT2D eigenvalue weighted by Gasteiger charge is -2.10. The lowest BCUT2D eigenvalue weighted by molar-refractivity contribution is 0.0682. The van der Waals surface area contributed by atoms with E-state index in [1.807, 2.05) is 0 Å². The molecule has 0 amide bonds. The molecule has 0 saturated heterocycles. The average Bonchev–Trinajstić information content (AvgIpc) is 2.46. The smallest absolute Gasteiger partial charge is 0.336 e. The van der Waals surface area contributed by atoms with E-state index >= 15 is 0 Å². The number of aromatic carboxylic acids is 3. The van der Waals surface area contributed by atoms with Crippen molar-refractivity contribution < 1.29 is 29.7 Å². The molecule has 0 radical (unpaired) electrons. The summed E-state index contributed by atoms with van der Waals surface area (Å²) in [6.07, 6.45) is 0. The Labute approximate surface area is 118 Å². The van der Waals surface area contributed by atoms with E-state index in [2.05, 4.69) is 0 Å². The van der Waals surface area contributed by atoms with Crippen LogP contribution in [0.3, 0.4) is 0 Å². The number of benzene rings is 2. The van der Waals surface area contributed by atoms with Gasteiger partial charge < -0.3 is 15.3 Å². The largest absolute Gasteiger partial charge is 0.478 e. The summed E-state index contributed by atoms with van der Waals surface area (Å²) in [4.78, 5) is 33.3. The van der Waals surface area contributed by atoms with Crippen LogP contribution in [0.15, 0.2) is 42.5 Å². The molecule has 2 aromatic rings. The van der Waals surface area contributed by atoms with Gasteiger partial charge in [0.25, 0.3) is 0 Å². The van der Waals surface area contributed by atoms with Gasteiger partial charge in [-0.25, -0.2) is 14.4 Å². The van der Waals surface area contributed by atoms with Gasteiger partial charge in [0.15, 0.2) is 0 Å². The lowest BCUT2D eigenvalue weighted by atomic mass is 9.93. The van der Waals surface area contributed by atoms with Crippen molar-refractivity contribution in [2.75, 3.05) is 0 Å². The van der Waals surface area contributed by atoms with Crippen LogP contribution in [0.25, 0.3) is 11.1 Å². The van der Waals surface area contributed by atoms with Crippen LogP contribution in [0.4, 0.5) is 0 Å². The van der Waals surface area contributed by atoms with E-state index in [0.29, 0.717) is 5.56 Å². The van der Waals surface area contributed by atoms with Gasteiger partial charge in [-0.05, 0) is 29.8 Å². The van der Waals surface area contributed by atoms with Crippen molar-refractivity contribution in [3.63, 3.8) is 0 Å². The summed E-state index contributed by atoms with van der Waals surface area (Å²) in [6.45, 7) is 0. The molecule has 21 heavy (non-hydrogen) atoms. The molecule has 0 unspecified atom stereocenters. The van der Waals surface area contributed by atoms with Crippen LogP contribution in [0.1, 0.15) is 31.1 Å². The maximum Gasteiger partial charge on any atom is 0.336 e. The summed E-state index contributed by atoms with van der Waals surface area (Å²) in [6, 6.07) is 9.31. The van der Waals surface area contributed by atoms with Crippen molar-refractivity contribution >= 4 is 17.9 Å². The van der Waals surface area contributed by atoms with Crippen molar-refractivity contribution in [1.82, 2.24) is 0 Å². The summed E-state index contributed by atoms with van der Waals surface area (Å²) >= 11 is 0. The summed E-state index contributed by atoms with van der Waals surface area (Å²) in [5, 5.41) is 27.2. The third-order valence-electron chi connectivity index (χ3n) is 2.95. The van der Waals surface area contributed by atoms with Crippen molar-refractivity contribution in [2.24, 2.45) is 0 Å². The van der Waals surface area contributed by atoms with E-state index < -0.39 is 17.9 Å². The van der Waals surface area contributed by atoms with E-state index in [0.717, 1.165) is 0 Å². The van der Waals surface area contributed by atoms with E-state index in [4.69, 9.17) is 5.11 Å². The molecule has 6 heteroatoms. The fourth-order valence-corrected chi connectivity index (χ4v) is 2.00. The first-order chi connectivity index (χ1) is 9.91. The third kappa shape index (κ3) is 2.74. The Bertz CT molecular complexity index is 698. The zero-order valence-electron chi connectivity index (χ0n) is 10.6. The molecule has 0 bridgehead atoms. The van der Waals surface area contributed by atoms with E-state index in [9.17, 15) is 24.6 Å². The number of carboxylic acid groups (broad SMARTS) is 3. The van der Waals surface area contributed by atoms with E-state index in [1.165, 1.54) is 42.5 Å². The van der Waals surface area contributed by atoms with Crippen molar-refractivity contribution in [3.8, 4) is 11.1 Å². The lowest BCUT2D eigenvalue weighted by Crippen LogP contribution is -2.07.